The number of carbonyl (C=O) groups excluding carboxylic acids is 1. The topological polar surface area (TPSA) is 55.1 Å². The number of hydrogen-bond acceptors (Lipinski definition) is 2. The molecule has 0 aliphatic heterocycles. The van der Waals surface area contributed by atoms with Crippen molar-refractivity contribution in [3.63, 3.8) is 0 Å². The number of benzene rings is 1. The SMILES string of the molecule is C=CCC(N)C(=O)Nc1cc(F)ccc1Br. The van der Waals surface area contributed by atoms with Gasteiger partial charge in [0.2, 0.25) is 5.91 Å². The first kappa shape index (κ1) is 12.9. The van der Waals surface area contributed by atoms with E-state index in [2.05, 4.69) is 27.8 Å². The fourth-order valence-corrected chi connectivity index (χ4v) is 1.45. The second-order valence-corrected chi connectivity index (χ2v) is 4.10. The Balaban J connectivity index is 2.76. The van der Waals surface area contributed by atoms with E-state index < -0.39 is 11.9 Å². The molecule has 1 unspecified atom stereocenters. The molecular weight excluding hydrogens is 275 g/mol. The third kappa shape index (κ3) is 3.43. The largest absolute Gasteiger partial charge is 0.324 e. The summed E-state index contributed by atoms with van der Waals surface area (Å²) in [4.78, 5) is 11.5. The molecule has 1 amide bonds. The highest BCUT2D eigenvalue weighted by molar-refractivity contribution is 9.10. The van der Waals surface area contributed by atoms with Crippen LogP contribution in [-0.4, -0.2) is 11.9 Å². The molecule has 0 fully saturated rings. The second-order valence-electron chi connectivity index (χ2n) is 3.24. The molecule has 86 valence electrons. The average Bonchev–Trinajstić information content (AvgIpc) is 2.23. The van der Waals surface area contributed by atoms with E-state index in [1.807, 2.05) is 0 Å². The van der Waals surface area contributed by atoms with Crippen molar-refractivity contribution in [1.29, 1.82) is 0 Å². The molecule has 1 aromatic carbocycles. The van der Waals surface area contributed by atoms with Crippen LogP contribution in [0.3, 0.4) is 0 Å². The van der Waals surface area contributed by atoms with Crippen LogP contribution in [-0.2, 0) is 4.79 Å². The van der Waals surface area contributed by atoms with Gasteiger partial charge in [-0.05, 0) is 40.5 Å². The fraction of sp³-hybridized carbons (Fsp3) is 0.182. The Kier molecular flexibility index (Phi) is 4.64. The highest BCUT2D eigenvalue weighted by atomic mass is 79.9. The van der Waals surface area contributed by atoms with Gasteiger partial charge in [0.15, 0.2) is 0 Å². The molecule has 0 heterocycles. The number of rotatable bonds is 4. The van der Waals surface area contributed by atoms with E-state index in [0.29, 0.717) is 16.6 Å². The lowest BCUT2D eigenvalue weighted by molar-refractivity contribution is -0.117. The molecule has 3 N–H and O–H groups in total. The maximum Gasteiger partial charge on any atom is 0.241 e. The van der Waals surface area contributed by atoms with Crippen LogP contribution in [0.15, 0.2) is 35.3 Å². The van der Waals surface area contributed by atoms with E-state index in [1.165, 1.54) is 18.2 Å². The molecule has 1 rings (SSSR count). The summed E-state index contributed by atoms with van der Waals surface area (Å²) < 4.78 is 13.5. The lowest BCUT2D eigenvalue weighted by Crippen LogP contribution is -2.35. The van der Waals surface area contributed by atoms with Gasteiger partial charge in [-0.25, -0.2) is 4.39 Å². The predicted molar refractivity (Wildman–Crippen MR) is 65.5 cm³/mol. The van der Waals surface area contributed by atoms with E-state index in [1.54, 1.807) is 6.08 Å². The quantitative estimate of drug-likeness (QED) is 0.836. The monoisotopic (exact) mass is 286 g/mol. The number of carbonyl (C=O) groups is 1. The van der Waals surface area contributed by atoms with Gasteiger partial charge in [0.05, 0.1) is 11.7 Å². The van der Waals surface area contributed by atoms with Gasteiger partial charge >= 0.3 is 0 Å². The van der Waals surface area contributed by atoms with Gasteiger partial charge in [-0.15, -0.1) is 6.58 Å². The molecule has 5 heteroatoms. The Morgan fingerprint density at radius 2 is 2.38 bits per heavy atom. The molecule has 0 spiro atoms. The Hall–Kier alpha value is -1.20. The van der Waals surface area contributed by atoms with Crippen LogP contribution in [0.5, 0.6) is 0 Å². The van der Waals surface area contributed by atoms with Crippen LogP contribution in [0, 0.1) is 5.82 Å². The highest BCUT2D eigenvalue weighted by Gasteiger charge is 2.13. The van der Waals surface area contributed by atoms with Gasteiger partial charge in [-0.2, -0.15) is 0 Å². The zero-order valence-electron chi connectivity index (χ0n) is 8.54. The van der Waals surface area contributed by atoms with Crippen molar-refractivity contribution in [1.82, 2.24) is 0 Å². The maximum atomic E-state index is 12.9. The van der Waals surface area contributed by atoms with Gasteiger partial charge < -0.3 is 11.1 Å². The molecule has 0 bridgehead atoms. The molecule has 1 atom stereocenters. The van der Waals surface area contributed by atoms with Crippen LogP contribution in [0.1, 0.15) is 6.42 Å². The molecule has 0 aliphatic carbocycles. The minimum absolute atomic E-state index is 0.365. The molecule has 0 saturated heterocycles. The molecule has 0 aliphatic rings. The first-order chi connectivity index (χ1) is 7.54. The van der Waals surface area contributed by atoms with Crippen molar-refractivity contribution in [2.75, 3.05) is 5.32 Å². The van der Waals surface area contributed by atoms with Gasteiger partial charge in [0.1, 0.15) is 5.82 Å². The number of halogens is 2. The maximum absolute atomic E-state index is 12.9. The number of anilines is 1. The first-order valence-electron chi connectivity index (χ1n) is 4.67. The summed E-state index contributed by atoms with van der Waals surface area (Å²) in [5, 5.41) is 2.54. The third-order valence-corrected chi connectivity index (χ3v) is 2.64. The minimum atomic E-state index is -0.673. The van der Waals surface area contributed by atoms with Gasteiger partial charge in [0, 0.05) is 4.47 Å². The first-order valence-corrected chi connectivity index (χ1v) is 5.46. The van der Waals surface area contributed by atoms with Crippen LogP contribution in [0.2, 0.25) is 0 Å². The summed E-state index contributed by atoms with van der Waals surface area (Å²) >= 11 is 3.20. The van der Waals surface area contributed by atoms with Crippen LogP contribution in [0.4, 0.5) is 10.1 Å². The Morgan fingerprint density at radius 1 is 1.69 bits per heavy atom. The van der Waals surface area contributed by atoms with E-state index in [-0.39, 0.29) is 5.91 Å². The van der Waals surface area contributed by atoms with Crippen LogP contribution >= 0.6 is 15.9 Å². The smallest absolute Gasteiger partial charge is 0.241 e. The summed E-state index contributed by atoms with van der Waals surface area (Å²) in [6, 6.07) is 3.36. The Labute approximate surface area is 102 Å². The normalized spacial score (nSPS) is 11.9. The molecule has 0 saturated carbocycles. The van der Waals surface area contributed by atoms with E-state index >= 15 is 0 Å². The summed E-state index contributed by atoms with van der Waals surface area (Å²) in [6.45, 7) is 3.49. The van der Waals surface area contributed by atoms with E-state index in [9.17, 15) is 9.18 Å². The van der Waals surface area contributed by atoms with Gasteiger partial charge in [0.25, 0.3) is 0 Å². The number of nitrogens with one attached hydrogen (secondary N) is 1. The highest BCUT2D eigenvalue weighted by Crippen LogP contribution is 2.23. The lowest BCUT2D eigenvalue weighted by Gasteiger charge is -2.11. The van der Waals surface area contributed by atoms with E-state index in [0.717, 1.165) is 0 Å². The molecule has 3 nitrogen and oxygen atoms in total. The van der Waals surface area contributed by atoms with Crippen molar-refractivity contribution >= 4 is 27.5 Å². The molecular formula is C11H12BrFN2O. The van der Waals surface area contributed by atoms with Crippen LogP contribution < -0.4 is 11.1 Å². The predicted octanol–water partition coefficient (Wildman–Crippen LogP) is 2.43. The second kappa shape index (κ2) is 5.77. The molecule has 0 aromatic heterocycles. The zero-order valence-corrected chi connectivity index (χ0v) is 10.1. The lowest BCUT2D eigenvalue weighted by atomic mass is 10.2. The number of amides is 1. The molecule has 16 heavy (non-hydrogen) atoms. The molecule has 0 radical (unpaired) electrons. The standard InChI is InChI=1S/C11H12BrFN2O/c1-2-3-9(14)11(16)15-10-6-7(13)4-5-8(10)12/h2,4-6,9H,1,3,14H2,(H,15,16). The Bertz CT molecular complexity index is 409. The minimum Gasteiger partial charge on any atom is -0.324 e. The number of nitrogens with two attached hydrogens (primary N) is 1. The fourth-order valence-electron chi connectivity index (χ4n) is 1.11. The van der Waals surface area contributed by atoms with Gasteiger partial charge in [-0.3, -0.25) is 4.79 Å². The van der Waals surface area contributed by atoms with E-state index in [4.69, 9.17) is 5.73 Å². The summed E-state index contributed by atoms with van der Waals surface area (Å²) in [5.74, 6) is -0.790. The summed E-state index contributed by atoms with van der Waals surface area (Å²) in [6.07, 6.45) is 1.93. The zero-order chi connectivity index (χ0) is 12.1. The van der Waals surface area contributed by atoms with Crippen molar-refractivity contribution in [2.24, 2.45) is 5.73 Å². The van der Waals surface area contributed by atoms with Crippen molar-refractivity contribution < 1.29 is 9.18 Å². The summed E-state index contributed by atoms with van der Waals surface area (Å²) in [5.41, 5.74) is 5.94. The van der Waals surface area contributed by atoms with Crippen LogP contribution in [0.25, 0.3) is 0 Å². The summed E-state index contributed by atoms with van der Waals surface area (Å²) in [7, 11) is 0. The average molecular weight is 287 g/mol. The third-order valence-electron chi connectivity index (χ3n) is 1.94. The number of hydrogen-bond donors (Lipinski definition) is 2. The van der Waals surface area contributed by atoms with Gasteiger partial charge in [-0.1, -0.05) is 6.08 Å². The van der Waals surface area contributed by atoms with Crippen molar-refractivity contribution in [3.05, 3.63) is 41.1 Å². The van der Waals surface area contributed by atoms with Crippen molar-refractivity contribution in [3.8, 4) is 0 Å². The Morgan fingerprint density at radius 3 is 3.00 bits per heavy atom. The molecule has 1 aromatic rings. The van der Waals surface area contributed by atoms with Crippen molar-refractivity contribution in [2.45, 2.75) is 12.5 Å².